The monoisotopic (exact) mass is 385 g/mol. The second-order valence-electron chi connectivity index (χ2n) is 10.1. The van der Waals surface area contributed by atoms with Crippen molar-refractivity contribution in [3.05, 3.63) is 35.4 Å². The van der Waals surface area contributed by atoms with Crippen LogP contribution in [-0.2, 0) is 15.0 Å². The summed E-state index contributed by atoms with van der Waals surface area (Å²) in [6.07, 6.45) is 5.99. The van der Waals surface area contributed by atoms with Crippen molar-refractivity contribution < 1.29 is 19.1 Å². The molecule has 0 aromatic heterocycles. The minimum Gasteiger partial charge on any atom is -0.479 e. The molecule has 150 valence electrons. The number of aliphatic carboxylic acids is 1. The minimum absolute atomic E-state index is 0.0128. The van der Waals surface area contributed by atoms with Gasteiger partial charge in [-0.25, -0.2) is 9.18 Å². The molecule has 1 saturated heterocycles. The lowest BCUT2D eigenvalue weighted by atomic mass is 9.42. The van der Waals surface area contributed by atoms with Crippen molar-refractivity contribution in [2.75, 3.05) is 13.1 Å². The highest BCUT2D eigenvalue weighted by Gasteiger charge is 2.62. The van der Waals surface area contributed by atoms with Gasteiger partial charge < -0.3 is 10.0 Å². The molecule has 1 aromatic rings. The zero-order valence-electron chi connectivity index (χ0n) is 16.4. The van der Waals surface area contributed by atoms with Crippen molar-refractivity contribution in [3.63, 3.8) is 0 Å². The van der Waals surface area contributed by atoms with Crippen molar-refractivity contribution in [1.29, 1.82) is 0 Å². The lowest BCUT2D eigenvalue weighted by molar-refractivity contribution is -0.161. The van der Waals surface area contributed by atoms with Crippen LogP contribution in [0.3, 0.4) is 0 Å². The van der Waals surface area contributed by atoms with E-state index in [-0.39, 0.29) is 30.8 Å². The van der Waals surface area contributed by atoms with Crippen molar-refractivity contribution in [2.24, 2.45) is 17.3 Å². The molecule has 4 saturated carbocycles. The molecule has 4 nitrogen and oxygen atoms in total. The largest absolute Gasteiger partial charge is 0.479 e. The van der Waals surface area contributed by atoms with Crippen LogP contribution >= 0.6 is 0 Å². The number of carbonyl (C=O) groups is 2. The number of carbonyl (C=O) groups excluding carboxylic acids is 1. The number of halogens is 1. The average Bonchev–Trinajstić information content (AvgIpc) is 3.04. The van der Waals surface area contributed by atoms with Crippen LogP contribution in [0.15, 0.2) is 24.3 Å². The van der Waals surface area contributed by atoms with Crippen molar-refractivity contribution in [3.8, 4) is 0 Å². The van der Waals surface area contributed by atoms with E-state index in [1.54, 1.807) is 0 Å². The minimum atomic E-state index is -2.29. The van der Waals surface area contributed by atoms with Crippen LogP contribution in [0.5, 0.6) is 0 Å². The lowest BCUT2D eigenvalue weighted by Gasteiger charge is -2.62. The lowest BCUT2D eigenvalue weighted by Crippen LogP contribution is -2.59. The summed E-state index contributed by atoms with van der Waals surface area (Å²) in [5.74, 6) is -0.337. The first-order valence-corrected chi connectivity index (χ1v) is 10.5. The number of carboxylic acids is 1. The van der Waals surface area contributed by atoms with E-state index in [1.807, 2.05) is 0 Å². The van der Waals surface area contributed by atoms with Gasteiger partial charge >= 0.3 is 5.97 Å². The molecule has 5 aliphatic rings. The molecular weight excluding hydrogens is 357 g/mol. The van der Waals surface area contributed by atoms with Crippen LogP contribution in [0.2, 0.25) is 0 Å². The van der Waals surface area contributed by atoms with Gasteiger partial charge in [-0.05, 0) is 68.3 Å². The van der Waals surface area contributed by atoms with E-state index >= 15 is 0 Å². The molecular formula is C23H28FNO3. The molecule has 0 spiro atoms. The first kappa shape index (κ1) is 18.1. The van der Waals surface area contributed by atoms with E-state index in [1.165, 1.54) is 22.4 Å². The van der Waals surface area contributed by atoms with Crippen molar-refractivity contribution >= 4 is 11.9 Å². The number of carboxylic acid groups (broad SMARTS) is 1. The Hall–Kier alpha value is -1.91. The highest BCUT2D eigenvalue weighted by molar-refractivity contribution is 5.86. The first-order chi connectivity index (χ1) is 13.2. The maximum atomic E-state index is 14.6. The number of rotatable bonds is 3. The number of alkyl halides is 1. The van der Waals surface area contributed by atoms with Gasteiger partial charge in [0.15, 0.2) is 0 Å². The summed E-state index contributed by atoms with van der Waals surface area (Å²) in [6, 6.07) is 8.78. The van der Waals surface area contributed by atoms with E-state index in [2.05, 4.69) is 31.2 Å². The molecule has 0 radical (unpaired) electrons. The van der Waals surface area contributed by atoms with Gasteiger partial charge in [-0.1, -0.05) is 29.8 Å². The standard InChI is InChI=1S/C23H28FNO3/c1-15-2-4-18(5-3-15)21-9-16-8-17(10-21)12-22(11-16,13-21)19(26)25-7-6-23(24,14-25)20(27)28/h2-5,16-17H,6-14H2,1H3,(H,27,28). The molecule has 3 unspecified atom stereocenters. The van der Waals surface area contributed by atoms with E-state index in [9.17, 15) is 19.1 Å². The first-order valence-electron chi connectivity index (χ1n) is 10.5. The summed E-state index contributed by atoms with van der Waals surface area (Å²) in [6.45, 7) is 2.01. The van der Waals surface area contributed by atoms with Gasteiger partial charge in [-0.2, -0.15) is 0 Å². The third kappa shape index (κ3) is 2.54. The van der Waals surface area contributed by atoms with E-state index in [4.69, 9.17) is 0 Å². The van der Waals surface area contributed by atoms with Crippen LogP contribution in [0.4, 0.5) is 4.39 Å². The maximum absolute atomic E-state index is 14.6. The maximum Gasteiger partial charge on any atom is 0.343 e. The van der Waals surface area contributed by atoms with E-state index in [0.29, 0.717) is 11.8 Å². The fourth-order valence-electron chi connectivity index (χ4n) is 7.21. The van der Waals surface area contributed by atoms with E-state index in [0.717, 1.165) is 32.1 Å². The number of hydrogen-bond acceptors (Lipinski definition) is 2. The fourth-order valence-corrected chi connectivity index (χ4v) is 7.21. The number of benzene rings is 1. The molecule has 28 heavy (non-hydrogen) atoms. The summed E-state index contributed by atoms with van der Waals surface area (Å²) in [5, 5.41) is 9.21. The fraction of sp³-hybridized carbons (Fsp3) is 0.652. The smallest absolute Gasteiger partial charge is 0.343 e. The molecule has 1 heterocycles. The predicted octanol–water partition coefficient (Wildman–Crippen LogP) is 3.86. The second kappa shape index (κ2) is 5.80. The normalized spacial score (nSPS) is 41.4. The van der Waals surface area contributed by atoms with Crippen LogP contribution < -0.4 is 0 Å². The Morgan fingerprint density at radius 1 is 1.11 bits per heavy atom. The average molecular weight is 385 g/mol. The van der Waals surface area contributed by atoms with Crippen LogP contribution in [0, 0.1) is 24.2 Å². The highest BCUT2D eigenvalue weighted by atomic mass is 19.1. The van der Waals surface area contributed by atoms with E-state index < -0.39 is 17.1 Å². The number of hydrogen-bond donors (Lipinski definition) is 1. The quantitative estimate of drug-likeness (QED) is 0.860. The van der Waals surface area contributed by atoms with Gasteiger partial charge in [0.1, 0.15) is 0 Å². The van der Waals surface area contributed by atoms with Crippen LogP contribution in [0.25, 0.3) is 0 Å². The molecule has 4 bridgehead atoms. The number of likely N-dealkylation sites (tertiary alicyclic amines) is 1. The highest BCUT2D eigenvalue weighted by Crippen LogP contribution is 2.66. The van der Waals surface area contributed by atoms with Gasteiger partial charge in [0, 0.05) is 13.0 Å². The Balaban J connectivity index is 1.46. The Kier molecular flexibility index (Phi) is 3.76. The van der Waals surface area contributed by atoms with Crippen molar-refractivity contribution in [2.45, 2.75) is 63.0 Å². The summed E-state index contributed by atoms with van der Waals surface area (Å²) in [7, 11) is 0. The molecule has 1 aromatic carbocycles. The Morgan fingerprint density at radius 2 is 1.75 bits per heavy atom. The molecule has 1 N–H and O–H groups in total. The third-order valence-corrected chi connectivity index (χ3v) is 8.07. The predicted molar refractivity (Wildman–Crippen MR) is 103 cm³/mol. The van der Waals surface area contributed by atoms with Gasteiger partial charge in [0.25, 0.3) is 0 Å². The third-order valence-electron chi connectivity index (χ3n) is 8.07. The number of aryl methyl sites for hydroxylation is 1. The molecule has 3 atom stereocenters. The molecule has 6 rings (SSSR count). The molecule has 4 aliphatic carbocycles. The Labute approximate surface area is 165 Å². The molecule has 5 fully saturated rings. The van der Waals surface area contributed by atoms with Crippen LogP contribution in [-0.4, -0.2) is 40.6 Å². The Bertz CT molecular complexity index is 821. The summed E-state index contributed by atoms with van der Waals surface area (Å²) >= 11 is 0. The zero-order chi connectivity index (χ0) is 19.7. The van der Waals surface area contributed by atoms with Crippen LogP contribution in [0.1, 0.15) is 56.1 Å². The zero-order valence-corrected chi connectivity index (χ0v) is 16.4. The number of amides is 1. The molecule has 5 heteroatoms. The number of nitrogens with zero attached hydrogens (tertiary/aromatic N) is 1. The SMILES string of the molecule is Cc1ccc(C23CC4CC(CC(C(=O)N5CCC(F)(C(=O)O)C5)(C4)C2)C3)cc1. The second-order valence-corrected chi connectivity index (χ2v) is 10.1. The Morgan fingerprint density at radius 3 is 2.32 bits per heavy atom. The molecule has 1 amide bonds. The summed E-state index contributed by atoms with van der Waals surface area (Å²) in [5.41, 5.74) is -0.0848. The summed E-state index contributed by atoms with van der Waals surface area (Å²) in [4.78, 5) is 26.4. The van der Waals surface area contributed by atoms with Gasteiger partial charge in [0.05, 0.1) is 12.0 Å². The van der Waals surface area contributed by atoms with Gasteiger partial charge in [-0.15, -0.1) is 0 Å². The molecule has 1 aliphatic heterocycles. The van der Waals surface area contributed by atoms with Gasteiger partial charge in [-0.3, -0.25) is 4.79 Å². The van der Waals surface area contributed by atoms with Crippen molar-refractivity contribution in [1.82, 2.24) is 4.90 Å². The summed E-state index contributed by atoms with van der Waals surface area (Å²) < 4.78 is 14.6. The van der Waals surface area contributed by atoms with Gasteiger partial charge in [0.2, 0.25) is 11.6 Å². The topological polar surface area (TPSA) is 57.6 Å².